The summed E-state index contributed by atoms with van der Waals surface area (Å²) < 4.78 is 37.7. The van der Waals surface area contributed by atoms with Crippen molar-refractivity contribution in [3.8, 4) is 11.5 Å². The lowest BCUT2D eigenvalue weighted by atomic mass is 10.2. The Balaban J connectivity index is 1.48. The van der Waals surface area contributed by atoms with Crippen LogP contribution in [0, 0.1) is 0 Å². The Morgan fingerprint density at radius 3 is 2.40 bits per heavy atom. The fraction of sp³-hybridized carbons (Fsp3) is 0.208. The average Bonchev–Trinajstić information content (AvgIpc) is 2.87. The third-order valence-corrected chi connectivity index (χ3v) is 6.39. The third-order valence-electron chi connectivity index (χ3n) is 4.93. The van der Waals surface area contributed by atoms with Gasteiger partial charge in [0.25, 0.3) is 5.91 Å². The minimum absolute atomic E-state index is 0.00110. The Morgan fingerprint density at radius 1 is 0.943 bits per heavy atom. The Bertz CT molecular complexity index is 1280. The molecule has 184 valence electrons. The van der Waals surface area contributed by atoms with Crippen molar-refractivity contribution in [2.24, 2.45) is 0 Å². The Labute approximate surface area is 203 Å². The second kappa shape index (κ2) is 12.0. The molecule has 0 bridgehead atoms. The highest BCUT2D eigenvalue weighted by Crippen LogP contribution is 2.29. The number of carbonyl (C=O) groups excluding carboxylic acids is 2. The maximum absolute atomic E-state index is 12.5. The monoisotopic (exact) mass is 498 g/mol. The first-order valence-corrected chi connectivity index (χ1v) is 12.1. The average molecular weight is 499 g/mol. The molecule has 0 saturated heterocycles. The van der Waals surface area contributed by atoms with Gasteiger partial charge < -0.3 is 20.1 Å². The maximum Gasteiger partial charge on any atom is 0.255 e. The molecule has 0 spiro atoms. The molecule has 0 atom stereocenters. The first-order valence-electron chi connectivity index (χ1n) is 10.6. The summed E-state index contributed by atoms with van der Waals surface area (Å²) in [6, 6.07) is 14.5. The number of hydrogen-bond donors (Lipinski definition) is 3. The first-order chi connectivity index (χ1) is 16.8. The van der Waals surface area contributed by atoms with Gasteiger partial charge in [0.1, 0.15) is 0 Å². The molecule has 0 aliphatic rings. The molecule has 0 fully saturated rings. The van der Waals surface area contributed by atoms with Crippen LogP contribution < -0.4 is 24.8 Å². The summed E-state index contributed by atoms with van der Waals surface area (Å²) in [4.78, 5) is 28.4. The number of aromatic nitrogens is 1. The van der Waals surface area contributed by atoms with E-state index < -0.39 is 10.0 Å². The van der Waals surface area contributed by atoms with E-state index >= 15 is 0 Å². The van der Waals surface area contributed by atoms with E-state index in [1.807, 2.05) is 6.07 Å². The highest BCUT2D eigenvalue weighted by Gasteiger charge is 2.17. The highest BCUT2D eigenvalue weighted by atomic mass is 32.2. The predicted molar refractivity (Wildman–Crippen MR) is 130 cm³/mol. The van der Waals surface area contributed by atoms with Gasteiger partial charge in [0.2, 0.25) is 15.9 Å². The van der Waals surface area contributed by atoms with Crippen LogP contribution in [0.5, 0.6) is 11.5 Å². The largest absolute Gasteiger partial charge is 0.493 e. The number of nitrogens with zero attached hydrogens (tertiary/aromatic N) is 1. The molecule has 3 rings (SSSR count). The van der Waals surface area contributed by atoms with Crippen molar-refractivity contribution < 1.29 is 27.5 Å². The van der Waals surface area contributed by atoms with Crippen molar-refractivity contribution in [3.05, 3.63) is 78.1 Å². The fourth-order valence-corrected chi connectivity index (χ4v) is 4.17. The van der Waals surface area contributed by atoms with Crippen LogP contribution in [0.2, 0.25) is 0 Å². The number of benzene rings is 2. The lowest BCUT2D eigenvalue weighted by Gasteiger charge is -2.11. The second-order valence-corrected chi connectivity index (χ2v) is 9.10. The van der Waals surface area contributed by atoms with Crippen LogP contribution in [0.3, 0.4) is 0 Å². The van der Waals surface area contributed by atoms with Crippen molar-refractivity contribution in [1.29, 1.82) is 0 Å². The first kappa shape index (κ1) is 25.7. The predicted octanol–water partition coefficient (Wildman–Crippen LogP) is 2.34. The smallest absolute Gasteiger partial charge is 0.255 e. The molecule has 2 amide bonds. The fourth-order valence-electron chi connectivity index (χ4n) is 3.12. The zero-order chi connectivity index (χ0) is 25.3. The van der Waals surface area contributed by atoms with E-state index in [9.17, 15) is 18.0 Å². The van der Waals surface area contributed by atoms with Crippen LogP contribution >= 0.6 is 0 Å². The number of sulfonamides is 1. The molecule has 10 nitrogen and oxygen atoms in total. The Kier molecular flexibility index (Phi) is 8.76. The van der Waals surface area contributed by atoms with Gasteiger partial charge in [0.05, 0.1) is 19.1 Å². The number of amides is 2. The van der Waals surface area contributed by atoms with Crippen LogP contribution in [0.25, 0.3) is 0 Å². The molecule has 0 aliphatic heterocycles. The van der Waals surface area contributed by atoms with E-state index in [0.29, 0.717) is 17.0 Å². The van der Waals surface area contributed by atoms with Crippen LogP contribution in [-0.4, -0.2) is 46.0 Å². The summed E-state index contributed by atoms with van der Waals surface area (Å²) in [6.07, 6.45) is 3.02. The van der Waals surface area contributed by atoms with E-state index in [0.717, 1.165) is 5.56 Å². The summed E-state index contributed by atoms with van der Waals surface area (Å²) >= 11 is 0. The van der Waals surface area contributed by atoms with Crippen LogP contribution in [0.4, 0.5) is 5.69 Å². The Hall–Kier alpha value is -3.96. The summed E-state index contributed by atoms with van der Waals surface area (Å²) in [6.45, 7) is 0.144. The minimum Gasteiger partial charge on any atom is -0.493 e. The number of methoxy groups -OCH3 is 2. The van der Waals surface area contributed by atoms with Crippen LogP contribution in [-0.2, 0) is 21.4 Å². The van der Waals surface area contributed by atoms with Crippen molar-refractivity contribution in [2.45, 2.75) is 17.9 Å². The van der Waals surface area contributed by atoms with Gasteiger partial charge in [0.15, 0.2) is 11.5 Å². The van der Waals surface area contributed by atoms with E-state index in [2.05, 4.69) is 20.3 Å². The van der Waals surface area contributed by atoms with E-state index in [1.165, 1.54) is 44.8 Å². The van der Waals surface area contributed by atoms with Crippen molar-refractivity contribution in [2.75, 3.05) is 26.1 Å². The van der Waals surface area contributed by atoms with Gasteiger partial charge in [-0.15, -0.1) is 0 Å². The molecule has 0 saturated carbocycles. The van der Waals surface area contributed by atoms with Gasteiger partial charge in [-0.05, 0) is 42.0 Å². The maximum atomic E-state index is 12.5. The number of ether oxygens (including phenoxy) is 2. The molecule has 0 aliphatic carbocycles. The zero-order valence-electron chi connectivity index (χ0n) is 19.3. The normalized spacial score (nSPS) is 10.9. The standard InChI is InChI=1S/C24H26N4O6S/c1-33-21-7-6-20(15-22(21)34-2)35(31,32)27-13-10-23(29)26-16-17-4-3-5-19(14-17)28-24(30)18-8-11-25-12-9-18/h3-9,11-12,14-15,27H,10,13,16H2,1-2H3,(H,26,29)(H,28,30). The molecular formula is C24H26N4O6S. The van der Waals surface area contributed by atoms with Crippen molar-refractivity contribution in [3.63, 3.8) is 0 Å². The summed E-state index contributed by atoms with van der Waals surface area (Å²) in [5.41, 5.74) is 1.84. The number of anilines is 1. The van der Waals surface area contributed by atoms with Crippen LogP contribution in [0.15, 0.2) is 71.9 Å². The summed E-state index contributed by atoms with van der Waals surface area (Å²) in [7, 11) is -0.961. The van der Waals surface area contributed by atoms with Gasteiger partial charge in [-0.25, -0.2) is 13.1 Å². The molecule has 11 heteroatoms. The van der Waals surface area contributed by atoms with E-state index in [1.54, 1.807) is 30.3 Å². The number of pyridine rings is 1. The van der Waals surface area contributed by atoms with Gasteiger partial charge >= 0.3 is 0 Å². The minimum atomic E-state index is -3.83. The molecule has 2 aromatic carbocycles. The molecule has 35 heavy (non-hydrogen) atoms. The summed E-state index contributed by atoms with van der Waals surface area (Å²) in [5, 5.41) is 5.53. The third kappa shape index (κ3) is 7.26. The molecule has 1 heterocycles. The van der Waals surface area contributed by atoms with Crippen molar-refractivity contribution >= 4 is 27.5 Å². The molecule has 0 unspecified atom stereocenters. The van der Waals surface area contributed by atoms with E-state index in [-0.39, 0.29) is 42.0 Å². The molecule has 0 radical (unpaired) electrons. The molecule has 1 aromatic heterocycles. The Morgan fingerprint density at radius 2 is 1.69 bits per heavy atom. The number of nitrogens with one attached hydrogen (secondary N) is 3. The zero-order valence-corrected chi connectivity index (χ0v) is 20.1. The topological polar surface area (TPSA) is 136 Å². The van der Waals surface area contributed by atoms with Crippen molar-refractivity contribution in [1.82, 2.24) is 15.0 Å². The number of rotatable bonds is 11. The number of hydrogen-bond acceptors (Lipinski definition) is 7. The summed E-state index contributed by atoms with van der Waals surface area (Å²) in [5.74, 6) is 0.0979. The SMILES string of the molecule is COc1ccc(S(=O)(=O)NCCC(=O)NCc2cccc(NC(=O)c3ccncc3)c2)cc1OC. The second-order valence-electron chi connectivity index (χ2n) is 7.33. The lowest BCUT2D eigenvalue weighted by Crippen LogP contribution is -2.30. The van der Waals surface area contributed by atoms with Gasteiger partial charge in [-0.3, -0.25) is 14.6 Å². The lowest BCUT2D eigenvalue weighted by molar-refractivity contribution is -0.121. The van der Waals surface area contributed by atoms with Gasteiger partial charge in [0, 0.05) is 49.2 Å². The van der Waals surface area contributed by atoms with E-state index in [4.69, 9.17) is 9.47 Å². The quantitative estimate of drug-likeness (QED) is 0.369. The molecule has 3 aromatic rings. The molecule has 3 N–H and O–H groups in total. The van der Waals surface area contributed by atoms with Gasteiger partial charge in [-0.2, -0.15) is 0 Å². The van der Waals surface area contributed by atoms with Gasteiger partial charge in [-0.1, -0.05) is 12.1 Å². The van der Waals surface area contributed by atoms with Crippen LogP contribution in [0.1, 0.15) is 22.3 Å². The highest BCUT2D eigenvalue weighted by molar-refractivity contribution is 7.89. The molecular weight excluding hydrogens is 472 g/mol. The number of carbonyl (C=O) groups is 2.